The van der Waals surface area contributed by atoms with E-state index in [1.54, 1.807) is 0 Å². The third kappa shape index (κ3) is 3.55. The molecule has 3 N–H and O–H groups in total. The second kappa shape index (κ2) is 7.84. The Morgan fingerprint density at radius 3 is 1.76 bits per heavy atom. The minimum absolute atomic E-state index is 0.160. The number of hydrogen-bond donors (Lipinski definition) is 2. The summed E-state index contributed by atoms with van der Waals surface area (Å²) in [6.45, 7) is 1.36. The zero-order valence-electron chi connectivity index (χ0n) is 14.6. The van der Waals surface area contributed by atoms with Crippen LogP contribution >= 0.6 is 46.4 Å². The number of rotatable bonds is 4. The first-order valence-corrected chi connectivity index (χ1v) is 9.52. The first-order valence-electron chi connectivity index (χ1n) is 8.00. The molecule has 4 amide bonds. The van der Waals surface area contributed by atoms with E-state index in [0.717, 1.165) is 4.90 Å². The lowest BCUT2D eigenvalue weighted by atomic mass is 10.1. The minimum Gasteiger partial charge on any atom is -0.366 e. The van der Waals surface area contributed by atoms with Crippen molar-refractivity contribution in [1.82, 2.24) is 4.90 Å². The molecule has 0 bridgehead atoms. The van der Waals surface area contributed by atoms with E-state index in [4.69, 9.17) is 52.1 Å². The predicted molar refractivity (Wildman–Crippen MR) is 110 cm³/mol. The lowest BCUT2D eigenvalue weighted by molar-refractivity contribution is -0.119. The third-order valence-electron chi connectivity index (χ3n) is 4.34. The van der Waals surface area contributed by atoms with Gasteiger partial charge in [-0.25, -0.2) is 0 Å². The normalized spacial score (nSPS) is 14.0. The lowest BCUT2D eigenvalue weighted by Crippen LogP contribution is -2.45. The fraction of sp³-hybridized carbons (Fsp3) is 0.111. The van der Waals surface area contributed by atoms with Crippen LogP contribution in [0.4, 0.5) is 5.69 Å². The van der Waals surface area contributed by atoms with Gasteiger partial charge in [0.1, 0.15) is 6.04 Å². The maximum Gasteiger partial charge on any atom is 0.263 e. The zero-order chi connectivity index (χ0) is 21.6. The molecule has 1 aliphatic rings. The van der Waals surface area contributed by atoms with Gasteiger partial charge in [-0.1, -0.05) is 46.4 Å². The molecule has 29 heavy (non-hydrogen) atoms. The van der Waals surface area contributed by atoms with E-state index in [9.17, 15) is 19.2 Å². The second-order valence-electron chi connectivity index (χ2n) is 6.09. The van der Waals surface area contributed by atoms with Gasteiger partial charge in [-0.2, -0.15) is 0 Å². The number of carbonyl (C=O) groups is 4. The number of benzene rings is 2. The number of nitrogens with two attached hydrogens (primary N) is 1. The van der Waals surface area contributed by atoms with Crippen molar-refractivity contribution in [2.75, 3.05) is 5.32 Å². The number of nitrogens with zero attached hydrogens (tertiary/aromatic N) is 1. The van der Waals surface area contributed by atoms with Crippen molar-refractivity contribution in [2.24, 2.45) is 5.73 Å². The van der Waals surface area contributed by atoms with Crippen LogP contribution in [0.25, 0.3) is 0 Å². The number of anilines is 1. The van der Waals surface area contributed by atoms with Crippen molar-refractivity contribution >= 4 is 75.7 Å². The summed E-state index contributed by atoms with van der Waals surface area (Å²) in [6.07, 6.45) is 0. The molecule has 1 unspecified atom stereocenters. The topological polar surface area (TPSA) is 110 Å². The van der Waals surface area contributed by atoms with Crippen molar-refractivity contribution in [2.45, 2.75) is 13.0 Å². The highest BCUT2D eigenvalue weighted by atomic mass is 35.5. The van der Waals surface area contributed by atoms with Gasteiger partial charge < -0.3 is 11.1 Å². The molecule has 1 atom stereocenters. The Kier molecular flexibility index (Phi) is 5.78. The van der Waals surface area contributed by atoms with Crippen molar-refractivity contribution in [3.05, 3.63) is 61.0 Å². The van der Waals surface area contributed by atoms with Crippen LogP contribution in [-0.4, -0.2) is 34.6 Å². The van der Waals surface area contributed by atoms with Crippen molar-refractivity contribution in [3.63, 3.8) is 0 Å². The molecular weight excluding hydrogens is 464 g/mol. The third-order valence-corrected chi connectivity index (χ3v) is 6.14. The van der Waals surface area contributed by atoms with E-state index in [2.05, 4.69) is 5.32 Å². The molecule has 0 saturated heterocycles. The van der Waals surface area contributed by atoms with E-state index in [-0.39, 0.29) is 36.8 Å². The summed E-state index contributed by atoms with van der Waals surface area (Å²) in [4.78, 5) is 50.0. The number of imide groups is 1. The van der Waals surface area contributed by atoms with Crippen molar-refractivity contribution in [1.29, 1.82) is 0 Å². The predicted octanol–water partition coefficient (Wildman–Crippen LogP) is 4.02. The molecule has 0 saturated carbocycles. The molecule has 0 radical (unpaired) electrons. The number of hydrogen-bond acceptors (Lipinski definition) is 4. The van der Waals surface area contributed by atoms with Gasteiger partial charge in [0.05, 0.1) is 31.2 Å². The van der Waals surface area contributed by atoms with E-state index in [1.807, 2.05) is 0 Å². The number of primary amides is 1. The smallest absolute Gasteiger partial charge is 0.263 e. The molecule has 0 fully saturated rings. The van der Waals surface area contributed by atoms with E-state index in [0.29, 0.717) is 5.69 Å². The standard InChI is InChI=1S/C18H11Cl4N3O4/c1-6(16(27)24-8-4-2-7(3-5-8)15(23)26)25-17(28)9-10(18(25)29)12(20)14(22)13(21)11(9)19/h2-6H,1H3,(H2,23,26)(H,24,27). The number of fused-ring (bicyclic) bond motifs is 1. The number of halogens is 4. The van der Waals surface area contributed by atoms with Gasteiger partial charge in [-0.05, 0) is 31.2 Å². The van der Waals surface area contributed by atoms with Gasteiger partial charge in [0.2, 0.25) is 11.8 Å². The van der Waals surface area contributed by atoms with Gasteiger partial charge in [-0.15, -0.1) is 0 Å². The van der Waals surface area contributed by atoms with Crippen LogP contribution in [0, 0.1) is 0 Å². The van der Waals surface area contributed by atoms with Crippen LogP contribution < -0.4 is 11.1 Å². The van der Waals surface area contributed by atoms with E-state index >= 15 is 0 Å². The average molecular weight is 475 g/mol. The summed E-state index contributed by atoms with van der Waals surface area (Å²) in [6, 6.07) is 4.56. The number of nitrogens with one attached hydrogen (secondary N) is 1. The maximum absolute atomic E-state index is 12.8. The first kappa shape index (κ1) is 21.4. The monoisotopic (exact) mass is 473 g/mol. The highest BCUT2D eigenvalue weighted by Gasteiger charge is 2.45. The Bertz CT molecular complexity index is 1040. The molecule has 11 heteroatoms. The Morgan fingerprint density at radius 1 is 0.897 bits per heavy atom. The molecule has 0 aliphatic carbocycles. The summed E-state index contributed by atoms with van der Waals surface area (Å²) < 4.78 is 0. The molecule has 0 spiro atoms. The van der Waals surface area contributed by atoms with Crippen LogP contribution in [0.3, 0.4) is 0 Å². The highest BCUT2D eigenvalue weighted by molar-refractivity contribution is 6.55. The lowest BCUT2D eigenvalue weighted by Gasteiger charge is -2.21. The molecular formula is C18H11Cl4N3O4. The Hall–Kier alpha value is -2.32. The SMILES string of the molecule is CC(C(=O)Nc1ccc(C(N)=O)cc1)N1C(=O)c2c(Cl)c(Cl)c(Cl)c(Cl)c2C1=O. The van der Waals surface area contributed by atoms with Crippen LogP contribution in [0.2, 0.25) is 20.1 Å². The molecule has 1 aliphatic heterocycles. The van der Waals surface area contributed by atoms with Crippen LogP contribution in [0.15, 0.2) is 24.3 Å². The summed E-state index contributed by atoms with van der Waals surface area (Å²) in [5.41, 5.74) is 5.35. The molecule has 7 nitrogen and oxygen atoms in total. The zero-order valence-corrected chi connectivity index (χ0v) is 17.6. The van der Waals surface area contributed by atoms with Gasteiger partial charge in [0.15, 0.2) is 0 Å². The van der Waals surface area contributed by atoms with Crippen LogP contribution in [-0.2, 0) is 4.79 Å². The largest absolute Gasteiger partial charge is 0.366 e. The van der Waals surface area contributed by atoms with Gasteiger partial charge in [0, 0.05) is 11.3 Å². The summed E-state index contributed by atoms with van der Waals surface area (Å²) in [5.74, 6) is -2.91. The fourth-order valence-corrected chi connectivity index (χ4v) is 3.81. The Labute approximate surface area is 184 Å². The molecule has 0 aromatic heterocycles. The van der Waals surface area contributed by atoms with Crippen LogP contribution in [0.1, 0.15) is 38.0 Å². The molecule has 2 aromatic carbocycles. The number of amides is 4. The second-order valence-corrected chi connectivity index (χ2v) is 7.60. The maximum atomic E-state index is 12.8. The van der Waals surface area contributed by atoms with Gasteiger partial charge in [0.25, 0.3) is 11.8 Å². The summed E-state index contributed by atoms with van der Waals surface area (Å²) in [7, 11) is 0. The van der Waals surface area contributed by atoms with Crippen molar-refractivity contribution < 1.29 is 19.2 Å². The summed E-state index contributed by atoms with van der Waals surface area (Å²) in [5, 5.41) is 1.80. The van der Waals surface area contributed by atoms with Crippen molar-refractivity contribution in [3.8, 4) is 0 Å². The van der Waals surface area contributed by atoms with E-state index < -0.39 is 29.7 Å². The minimum atomic E-state index is -1.21. The molecule has 3 rings (SSSR count). The first-order chi connectivity index (χ1) is 13.6. The van der Waals surface area contributed by atoms with Gasteiger partial charge in [-0.3, -0.25) is 24.1 Å². The molecule has 1 heterocycles. The molecule has 150 valence electrons. The molecule has 2 aromatic rings. The highest BCUT2D eigenvalue weighted by Crippen LogP contribution is 2.45. The number of carbonyl (C=O) groups excluding carboxylic acids is 4. The summed E-state index contributed by atoms with van der Waals surface area (Å²) >= 11 is 24.1. The fourth-order valence-electron chi connectivity index (χ4n) is 2.80. The quantitative estimate of drug-likeness (QED) is 0.396. The average Bonchev–Trinajstić information content (AvgIpc) is 2.94. The Balaban J connectivity index is 1.88. The Morgan fingerprint density at radius 2 is 1.34 bits per heavy atom. The van der Waals surface area contributed by atoms with Gasteiger partial charge >= 0.3 is 0 Å². The van der Waals surface area contributed by atoms with E-state index in [1.165, 1.54) is 31.2 Å². The van der Waals surface area contributed by atoms with Crippen LogP contribution in [0.5, 0.6) is 0 Å².